The molecular formula is C18H19N3O. The number of rotatable bonds is 2. The van der Waals surface area contributed by atoms with Gasteiger partial charge in [-0.2, -0.15) is 0 Å². The van der Waals surface area contributed by atoms with Gasteiger partial charge in [0.15, 0.2) is 0 Å². The maximum atomic E-state index is 9.58. The summed E-state index contributed by atoms with van der Waals surface area (Å²) in [5.74, 6) is 7.05. The molecule has 0 amide bonds. The summed E-state index contributed by atoms with van der Waals surface area (Å²) < 4.78 is 0. The van der Waals surface area contributed by atoms with Crippen molar-refractivity contribution in [1.29, 1.82) is 0 Å². The molecule has 112 valence electrons. The van der Waals surface area contributed by atoms with Crippen molar-refractivity contribution in [2.75, 3.05) is 5.32 Å². The standard InChI is InChI=1S/C18H19N3O/c22-17-10-8-16(9-11-17)21-18-15(12-19-13-20-18)7-6-14-4-2-1-3-5-14/h1-5,12-13,16-17,22H,8-11H2,(H,19,20,21). The fourth-order valence-corrected chi connectivity index (χ4v) is 2.61. The second-order valence-electron chi connectivity index (χ2n) is 5.55. The lowest BCUT2D eigenvalue weighted by molar-refractivity contribution is 0.126. The van der Waals surface area contributed by atoms with Crippen LogP contribution in [-0.2, 0) is 0 Å². The van der Waals surface area contributed by atoms with E-state index in [1.54, 1.807) is 6.20 Å². The lowest BCUT2D eigenvalue weighted by atomic mass is 9.93. The molecule has 1 aliphatic rings. The molecule has 0 aliphatic heterocycles. The Bertz CT molecular complexity index is 667. The third-order valence-electron chi connectivity index (χ3n) is 3.87. The van der Waals surface area contributed by atoms with Gasteiger partial charge in [-0.3, -0.25) is 0 Å². The summed E-state index contributed by atoms with van der Waals surface area (Å²) in [7, 11) is 0. The van der Waals surface area contributed by atoms with Crippen LogP contribution in [0.15, 0.2) is 42.9 Å². The predicted molar refractivity (Wildman–Crippen MR) is 86.3 cm³/mol. The molecule has 2 aromatic rings. The van der Waals surface area contributed by atoms with Gasteiger partial charge >= 0.3 is 0 Å². The largest absolute Gasteiger partial charge is 0.393 e. The van der Waals surface area contributed by atoms with Crippen LogP contribution in [0.3, 0.4) is 0 Å². The number of anilines is 1. The molecule has 2 N–H and O–H groups in total. The Hall–Kier alpha value is -2.38. The SMILES string of the molecule is OC1CCC(Nc2ncncc2C#Cc2ccccc2)CC1. The van der Waals surface area contributed by atoms with Crippen molar-refractivity contribution in [2.24, 2.45) is 0 Å². The van der Waals surface area contributed by atoms with Crippen molar-refractivity contribution in [3.05, 3.63) is 54.0 Å². The number of hydrogen-bond donors (Lipinski definition) is 2. The molecule has 4 nitrogen and oxygen atoms in total. The Morgan fingerprint density at radius 3 is 2.59 bits per heavy atom. The molecule has 1 saturated carbocycles. The summed E-state index contributed by atoms with van der Waals surface area (Å²) in [5.41, 5.74) is 1.77. The molecule has 1 aliphatic carbocycles. The van der Waals surface area contributed by atoms with Crippen LogP contribution >= 0.6 is 0 Å². The highest BCUT2D eigenvalue weighted by Crippen LogP contribution is 2.22. The Balaban J connectivity index is 1.74. The highest BCUT2D eigenvalue weighted by Gasteiger charge is 2.20. The number of nitrogens with zero attached hydrogens (tertiary/aromatic N) is 2. The second-order valence-corrected chi connectivity index (χ2v) is 5.55. The summed E-state index contributed by atoms with van der Waals surface area (Å²) >= 11 is 0. The minimum Gasteiger partial charge on any atom is -0.393 e. The van der Waals surface area contributed by atoms with Gasteiger partial charge in [0.05, 0.1) is 11.7 Å². The van der Waals surface area contributed by atoms with E-state index in [0.717, 1.165) is 42.6 Å². The summed E-state index contributed by atoms with van der Waals surface area (Å²) in [6, 6.07) is 10.2. The fourth-order valence-electron chi connectivity index (χ4n) is 2.61. The minimum atomic E-state index is -0.152. The van der Waals surface area contributed by atoms with E-state index in [2.05, 4.69) is 27.1 Å². The van der Waals surface area contributed by atoms with Crippen LogP contribution in [0.1, 0.15) is 36.8 Å². The molecular weight excluding hydrogens is 274 g/mol. The third kappa shape index (κ3) is 3.84. The first-order chi connectivity index (χ1) is 10.8. The summed E-state index contributed by atoms with van der Waals surface area (Å²) in [5, 5.41) is 13.0. The van der Waals surface area contributed by atoms with Crippen LogP contribution < -0.4 is 5.32 Å². The summed E-state index contributed by atoms with van der Waals surface area (Å²) in [4.78, 5) is 8.39. The summed E-state index contributed by atoms with van der Waals surface area (Å²) in [6.45, 7) is 0. The smallest absolute Gasteiger partial charge is 0.145 e. The first-order valence-electron chi connectivity index (χ1n) is 7.63. The monoisotopic (exact) mass is 293 g/mol. The number of hydrogen-bond acceptors (Lipinski definition) is 4. The molecule has 0 bridgehead atoms. The summed E-state index contributed by atoms with van der Waals surface area (Å²) in [6.07, 6.45) is 6.71. The first-order valence-corrected chi connectivity index (χ1v) is 7.63. The van der Waals surface area contributed by atoms with E-state index in [9.17, 15) is 5.11 Å². The van der Waals surface area contributed by atoms with Gasteiger partial charge in [0.1, 0.15) is 12.1 Å². The fraction of sp³-hybridized carbons (Fsp3) is 0.333. The van der Waals surface area contributed by atoms with Crippen molar-refractivity contribution < 1.29 is 5.11 Å². The highest BCUT2D eigenvalue weighted by molar-refractivity contribution is 5.55. The van der Waals surface area contributed by atoms with Gasteiger partial charge in [0, 0.05) is 17.8 Å². The van der Waals surface area contributed by atoms with Gasteiger partial charge in [-0.05, 0) is 37.8 Å². The molecule has 4 heteroatoms. The Labute approximate surface area is 130 Å². The van der Waals surface area contributed by atoms with Crippen LogP contribution in [-0.4, -0.2) is 27.2 Å². The number of nitrogens with one attached hydrogen (secondary N) is 1. The minimum absolute atomic E-state index is 0.152. The Morgan fingerprint density at radius 1 is 1.05 bits per heavy atom. The lowest BCUT2D eigenvalue weighted by Crippen LogP contribution is -2.28. The molecule has 3 rings (SSSR count). The molecule has 0 unspecified atom stereocenters. The maximum Gasteiger partial charge on any atom is 0.145 e. The van der Waals surface area contributed by atoms with Gasteiger partial charge in [-0.15, -0.1) is 0 Å². The zero-order chi connectivity index (χ0) is 15.2. The van der Waals surface area contributed by atoms with Crippen LogP contribution in [0.2, 0.25) is 0 Å². The molecule has 1 aromatic carbocycles. The number of aliphatic hydroxyl groups is 1. The van der Waals surface area contributed by atoms with E-state index in [0.29, 0.717) is 6.04 Å². The number of aliphatic hydroxyl groups excluding tert-OH is 1. The molecule has 0 atom stereocenters. The average Bonchev–Trinajstić information content (AvgIpc) is 2.57. The van der Waals surface area contributed by atoms with Crippen LogP contribution in [0.4, 0.5) is 5.82 Å². The van der Waals surface area contributed by atoms with Crippen LogP contribution in [0.5, 0.6) is 0 Å². The topological polar surface area (TPSA) is 58.0 Å². The maximum absolute atomic E-state index is 9.58. The Kier molecular flexibility index (Phi) is 4.67. The number of aromatic nitrogens is 2. The van der Waals surface area contributed by atoms with Crippen molar-refractivity contribution in [3.8, 4) is 11.8 Å². The molecule has 0 spiro atoms. The van der Waals surface area contributed by atoms with E-state index in [-0.39, 0.29) is 6.10 Å². The predicted octanol–water partition coefficient (Wildman–Crippen LogP) is 2.59. The van der Waals surface area contributed by atoms with E-state index in [1.807, 2.05) is 30.3 Å². The van der Waals surface area contributed by atoms with E-state index in [1.165, 1.54) is 6.33 Å². The molecule has 1 heterocycles. The highest BCUT2D eigenvalue weighted by atomic mass is 16.3. The van der Waals surface area contributed by atoms with E-state index >= 15 is 0 Å². The quantitative estimate of drug-likeness (QED) is 0.836. The van der Waals surface area contributed by atoms with Crippen molar-refractivity contribution >= 4 is 5.82 Å². The van der Waals surface area contributed by atoms with Gasteiger partial charge in [0.2, 0.25) is 0 Å². The van der Waals surface area contributed by atoms with Gasteiger partial charge < -0.3 is 10.4 Å². The van der Waals surface area contributed by atoms with Gasteiger partial charge in [-0.25, -0.2) is 9.97 Å². The van der Waals surface area contributed by atoms with Crippen molar-refractivity contribution in [2.45, 2.75) is 37.8 Å². The van der Waals surface area contributed by atoms with Crippen LogP contribution in [0.25, 0.3) is 0 Å². The molecule has 0 radical (unpaired) electrons. The van der Waals surface area contributed by atoms with E-state index in [4.69, 9.17) is 0 Å². The zero-order valence-corrected chi connectivity index (χ0v) is 12.4. The normalized spacial score (nSPS) is 20.8. The molecule has 1 fully saturated rings. The van der Waals surface area contributed by atoms with Crippen molar-refractivity contribution in [3.63, 3.8) is 0 Å². The van der Waals surface area contributed by atoms with E-state index < -0.39 is 0 Å². The van der Waals surface area contributed by atoms with Gasteiger partial charge in [-0.1, -0.05) is 30.0 Å². The Morgan fingerprint density at radius 2 is 1.82 bits per heavy atom. The number of benzene rings is 1. The average molecular weight is 293 g/mol. The zero-order valence-electron chi connectivity index (χ0n) is 12.4. The lowest BCUT2D eigenvalue weighted by Gasteiger charge is -2.26. The third-order valence-corrected chi connectivity index (χ3v) is 3.87. The van der Waals surface area contributed by atoms with Gasteiger partial charge in [0.25, 0.3) is 0 Å². The van der Waals surface area contributed by atoms with Crippen molar-refractivity contribution in [1.82, 2.24) is 9.97 Å². The molecule has 1 aromatic heterocycles. The second kappa shape index (κ2) is 7.06. The van der Waals surface area contributed by atoms with Crippen LogP contribution in [0, 0.1) is 11.8 Å². The first kappa shape index (κ1) is 14.6. The molecule has 0 saturated heterocycles. The molecule has 22 heavy (non-hydrogen) atoms.